The summed E-state index contributed by atoms with van der Waals surface area (Å²) in [5.74, 6) is -0.403. The summed E-state index contributed by atoms with van der Waals surface area (Å²) in [5, 5.41) is 0. The van der Waals surface area contributed by atoms with Crippen molar-refractivity contribution in [1.29, 1.82) is 0 Å². The Morgan fingerprint density at radius 1 is 1.18 bits per heavy atom. The highest BCUT2D eigenvalue weighted by Gasteiger charge is 2.42. The van der Waals surface area contributed by atoms with Gasteiger partial charge >= 0.3 is 12.1 Å². The van der Waals surface area contributed by atoms with Gasteiger partial charge in [0.05, 0.1) is 13.2 Å². The van der Waals surface area contributed by atoms with Crippen molar-refractivity contribution in [2.45, 2.75) is 39.0 Å². The summed E-state index contributed by atoms with van der Waals surface area (Å²) >= 11 is 0. The van der Waals surface area contributed by atoms with Crippen LogP contribution in [0.4, 0.5) is 4.79 Å². The van der Waals surface area contributed by atoms with Gasteiger partial charge in [0.1, 0.15) is 12.3 Å². The monoisotopic (exact) mass is 245 g/mol. The first-order valence-electron chi connectivity index (χ1n) is 5.80. The Morgan fingerprint density at radius 2 is 1.82 bits per heavy atom. The van der Waals surface area contributed by atoms with E-state index in [1.807, 2.05) is 0 Å². The molecule has 0 N–H and O–H groups in total. The summed E-state index contributed by atoms with van der Waals surface area (Å²) < 4.78 is 15.0. The molecule has 0 aromatic carbocycles. The summed E-state index contributed by atoms with van der Waals surface area (Å²) in [6, 6.07) is -0.598. The molecule has 0 bridgehead atoms. The van der Waals surface area contributed by atoms with E-state index >= 15 is 0 Å². The Labute approximate surface area is 101 Å². The Morgan fingerprint density at radius 3 is 2.35 bits per heavy atom. The van der Waals surface area contributed by atoms with Crippen molar-refractivity contribution in [1.82, 2.24) is 4.90 Å². The molecule has 0 spiro atoms. The molecule has 1 saturated heterocycles. The number of ether oxygens (including phenoxy) is 3. The summed E-state index contributed by atoms with van der Waals surface area (Å²) in [5.41, 5.74) is 0. The molecule has 1 aliphatic heterocycles. The third-order valence-electron chi connectivity index (χ3n) is 2.64. The number of nitrogens with zero attached hydrogens (tertiary/aromatic N) is 1. The molecule has 0 aromatic heterocycles. The molecule has 0 aromatic rings. The number of methoxy groups -OCH3 is 1. The minimum atomic E-state index is -0.598. The van der Waals surface area contributed by atoms with Gasteiger partial charge in [-0.1, -0.05) is 0 Å². The smallest absolute Gasteiger partial charge is 0.412 e. The third-order valence-corrected chi connectivity index (χ3v) is 2.64. The number of esters is 1. The van der Waals surface area contributed by atoms with Crippen molar-refractivity contribution in [3.05, 3.63) is 0 Å². The van der Waals surface area contributed by atoms with Gasteiger partial charge < -0.3 is 14.2 Å². The molecule has 0 unspecified atom stereocenters. The fraction of sp³-hybridized carbons (Fsp3) is 0.818. The molecule has 1 amide bonds. The van der Waals surface area contributed by atoms with Crippen LogP contribution in [0.1, 0.15) is 26.7 Å². The van der Waals surface area contributed by atoms with Crippen LogP contribution in [0.5, 0.6) is 0 Å². The van der Waals surface area contributed by atoms with E-state index in [4.69, 9.17) is 14.2 Å². The topological polar surface area (TPSA) is 65.1 Å². The average Bonchev–Trinajstić information content (AvgIpc) is 2.73. The Kier molecular flexibility index (Phi) is 5.21. The van der Waals surface area contributed by atoms with Crippen LogP contribution in [0.3, 0.4) is 0 Å². The fourth-order valence-corrected chi connectivity index (χ4v) is 1.92. The molecular weight excluding hydrogens is 226 g/mol. The molecular formula is C11H19NO5. The molecule has 1 fully saturated rings. The summed E-state index contributed by atoms with van der Waals surface area (Å²) in [6.45, 7) is 4.01. The zero-order valence-corrected chi connectivity index (χ0v) is 10.5. The van der Waals surface area contributed by atoms with E-state index in [0.717, 1.165) is 0 Å². The predicted octanol–water partition coefficient (Wildman–Crippen LogP) is 1.14. The van der Waals surface area contributed by atoms with Crippen molar-refractivity contribution in [3.8, 4) is 0 Å². The highest BCUT2D eigenvalue weighted by Crippen LogP contribution is 2.26. The van der Waals surface area contributed by atoms with E-state index in [2.05, 4.69) is 0 Å². The molecule has 0 aliphatic carbocycles. The largest absolute Gasteiger partial charge is 0.464 e. The van der Waals surface area contributed by atoms with Gasteiger partial charge in [0.15, 0.2) is 0 Å². The number of hydrogen-bond acceptors (Lipinski definition) is 5. The number of amides is 1. The highest BCUT2D eigenvalue weighted by molar-refractivity contribution is 5.82. The van der Waals surface area contributed by atoms with Gasteiger partial charge in [0, 0.05) is 7.11 Å². The van der Waals surface area contributed by atoms with Gasteiger partial charge in [0.2, 0.25) is 0 Å². The lowest BCUT2D eigenvalue weighted by Gasteiger charge is -2.26. The average molecular weight is 245 g/mol. The molecule has 1 heterocycles. The minimum absolute atomic E-state index is 0.265. The maximum absolute atomic E-state index is 11.7. The predicted molar refractivity (Wildman–Crippen MR) is 59.3 cm³/mol. The van der Waals surface area contributed by atoms with E-state index in [1.54, 1.807) is 13.8 Å². The lowest BCUT2D eigenvalue weighted by atomic mass is 10.2. The van der Waals surface area contributed by atoms with E-state index in [-0.39, 0.29) is 6.61 Å². The quantitative estimate of drug-likeness (QED) is 0.695. The lowest BCUT2D eigenvalue weighted by Crippen LogP contribution is -2.46. The zero-order valence-electron chi connectivity index (χ0n) is 10.5. The van der Waals surface area contributed by atoms with Gasteiger partial charge in [-0.05, 0) is 26.7 Å². The van der Waals surface area contributed by atoms with Crippen molar-refractivity contribution in [3.63, 3.8) is 0 Å². The van der Waals surface area contributed by atoms with Crippen molar-refractivity contribution < 1.29 is 23.8 Å². The Bertz CT molecular complexity index is 281. The molecule has 6 heteroatoms. The van der Waals surface area contributed by atoms with E-state index < -0.39 is 24.3 Å². The van der Waals surface area contributed by atoms with Gasteiger partial charge in [0.25, 0.3) is 0 Å². The standard InChI is InChI=1S/C11H19NO5/c1-4-16-10(13)8-6-7-9(15-3)12(8)11(14)17-5-2/h8-9H,4-7H2,1-3H3/t8-,9-/m0/s1. The van der Waals surface area contributed by atoms with E-state index in [9.17, 15) is 9.59 Å². The number of hydrogen-bond donors (Lipinski definition) is 0. The van der Waals surface area contributed by atoms with Crippen LogP contribution >= 0.6 is 0 Å². The van der Waals surface area contributed by atoms with Crippen LogP contribution < -0.4 is 0 Å². The maximum atomic E-state index is 11.7. The van der Waals surface area contributed by atoms with Crippen LogP contribution in [0.15, 0.2) is 0 Å². The summed E-state index contributed by atoms with van der Waals surface area (Å²) in [6.07, 6.45) is 0.202. The van der Waals surface area contributed by atoms with Crippen LogP contribution in [0.25, 0.3) is 0 Å². The molecule has 6 nitrogen and oxygen atoms in total. The SMILES string of the molecule is CCOC(=O)[C@@H]1CC[C@H](OC)N1C(=O)OCC. The molecule has 98 valence electrons. The molecule has 0 saturated carbocycles. The summed E-state index contributed by atoms with van der Waals surface area (Å²) in [4.78, 5) is 24.8. The Balaban J connectivity index is 2.75. The fourth-order valence-electron chi connectivity index (χ4n) is 1.92. The second-order valence-electron chi connectivity index (χ2n) is 3.64. The van der Waals surface area contributed by atoms with Gasteiger partial charge in [-0.2, -0.15) is 0 Å². The second kappa shape index (κ2) is 6.44. The van der Waals surface area contributed by atoms with Gasteiger partial charge in [-0.25, -0.2) is 9.59 Å². The molecule has 1 aliphatic rings. The first-order chi connectivity index (χ1) is 8.15. The van der Waals surface area contributed by atoms with Gasteiger partial charge in [-0.3, -0.25) is 4.90 Å². The van der Waals surface area contributed by atoms with Crippen LogP contribution in [0, 0.1) is 0 Å². The maximum Gasteiger partial charge on any atom is 0.412 e. The number of carbonyl (C=O) groups is 2. The van der Waals surface area contributed by atoms with Crippen LogP contribution in [-0.4, -0.2) is 49.6 Å². The van der Waals surface area contributed by atoms with Crippen molar-refractivity contribution in [2.24, 2.45) is 0 Å². The van der Waals surface area contributed by atoms with Crippen molar-refractivity contribution >= 4 is 12.1 Å². The molecule has 0 radical (unpaired) electrons. The van der Waals surface area contributed by atoms with E-state index in [1.165, 1.54) is 12.0 Å². The Hall–Kier alpha value is -1.30. The number of carbonyl (C=O) groups excluding carboxylic acids is 2. The lowest BCUT2D eigenvalue weighted by molar-refractivity contribution is -0.150. The highest BCUT2D eigenvalue weighted by atomic mass is 16.6. The normalized spacial score (nSPS) is 23.6. The molecule has 1 rings (SSSR count). The van der Waals surface area contributed by atoms with Crippen LogP contribution in [0.2, 0.25) is 0 Å². The van der Waals surface area contributed by atoms with E-state index in [0.29, 0.717) is 19.4 Å². The van der Waals surface area contributed by atoms with Crippen molar-refractivity contribution in [2.75, 3.05) is 20.3 Å². The molecule has 17 heavy (non-hydrogen) atoms. The summed E-state index contributed by atoms with van der Waals surface area (Å²) in [7, 11) is 1.50. The van der Waals surface area contributed by atoms with Gasteiger partial charge in [-0.15, -0.1) is 0 Å². The zero-order chi connectivity index (χ0) is 12.8. The van der Waals surface area contributed by atoms with Crippen LogP contribution in [-0.2, 0) is 19.0 Å². The first-order valence-corrected chi connectivity index (χ1v) is 5.80. The third kappa shape index (κ3) is 3.09. The number of rotatable bonds is 4. The second-order valence-corrected chi connectivity index (χ2v) is 3.64. The number of likely N-dealkylation sites (tertiary alicyclic amines) is 1. The first kappa shape index (κ1) is 13.8. The minimum Gasteiger partial charge on any atom is -0.464 e. The molecule has 2 atom stereocenters.